The summed E-state index contributed by atoms with van der Waals surface area (Å²) in [7, 11) is 0. The van der Waals surface area contributed by atoms with E-state index in [2.05, 4.69) is 0 Å². The van der Waals surface area contributed by atoms with Crippen molar-refractivity contribution in [1.82, 2.24) is 9.80 Å². The first-order valence-electron chi connectivity index (χ1n) is 10.6. The van der Waals surface area contributed by atoms with Crippen LogP contribution in [0.3, 0.4) is 0 Å². The van der Waals surface area contributed by atoms with E-state index in [1.807, 2.05) is 37.3 Å². The first-order valence-corrected chi connectivity index (χ1v) is 11.0. The lowest BCUT2D eigenvalue weighted by Crippen LogP contribution is -2.43. The molecular formula is C25H24ClN3O4. The zero-order chi connectivity index (χ0) is 23.4. The van der Waals surface area contributed by atoms with Gasteiger partial charge in [0.1, 0.15) is 25.5 Å². The average Bonchev–Trinajstić information content (AvgIpc) is 3.45. The van der Waals surface area contributed by atoms with E-state index in [1.165, 1.54) is 16.1 Å². The molecule has 0 aliphatic carbocycles. The van der Waals surface area contributed by atoms with E-state index in [4.69, 9.17) is 16.0 Å². The van der Waals surface area contributed by atoms with Crippen LogP contribution >= 0.6 is 11.6 Å². The van der Waals surface area contributed by atoms with Gasteiger partial charge >= 0.3 is 0 Å². The molecule has 7 nitrogen and oxygen atoms in total. The lowest BCUT2D eigenvalue weighted by Gasteiger charge is -2.25. The second-order valence-electron chi connectivity index (χ2n) is 7.93. The lowest BCUT2D eigenvalue weighted by molar-refractivity contribution is -0.140. The summed E-state index contributed by atoms with van der Waals surface area (Å²) in [5.74, 6) is -0.114. The summed E-state index contributed by atoms with van der Waals surface area (Å²) < 4.78 is 5.39. The van der Waals surface area contributed by atoms with Crippen LogP contribution in [0.15, 0.2) is 71.3 Å². The zero-order valence-electron chi connectivity index (χ0n) is 18.2. The van der Waals surface area contributed by atoms with Crippen molar-refractivity contribution < 1.29 is 18.8 Å². The largest absolute Gasteiger partial charge is 0.467 e. The van der Waals surface area contributed by atoms with E-state index in [1.54, 1.807) is 35.2 Å². The molecule has 1 fully saturated rings. The minimum Gasteiger partial charge on any atom is -0.467 e. The Kier molecular flexibility index (Phi) is 6.79. The monoisotopic (exact) mass is 465 g/mol. The van der Waals surface area contributed by atoms with Gasteiger partial charge in [0.05, 0.1) is 19.2 Å². The van der Waals surface area contributed by atoms with Crippen LogP contribution in [-0.4, -0.2) is 47.3 Å². The van der Waals surface area contributed by atoms with Gasteiger partial charge in [-0.05, 0) is 42.3 Å². The fourth-order valence-electron chi connectivity index (χ4n) is 3.78. The summed E-state index contributed by atoms with van der Waals surface area (Å²) in [5, 5.41) is 0.557. The topological polar surface area (TPSA) is 74.1 Å². The van der Waals surface area contributed by atoms with Gasteiger partial charge in [-0.3, -0.25) is 19.3 Å². The molecule has 2 aromatic carbocycles. The molecule has 3 aromatic rings. The number of carbonyl (C=O) groups is 3. The molecule has 1 aliphatic rings. The van der Waals surface area contributed by atoms with Crippen molar-refractivity contribution in [3.8, 4) is 0 Å². The van der Waals surface area contributed by atoms with Gasteiger partial charge in [-0.15, -0.1) is 0 Å². The number of amides is 3. The Morgan fingerprint density at radius 1 is 1.06 bits per heavy atom. The van der Waals surface area contributed by atoms with Gasteiger partial charge in [0.15, 0.2) is 0 Å². The third-order valence-corrected chi connectivity index (χ3v) is 6.04. The molecule has 1 aliphatic heterocycles. The Balaban J connectivity index is 1.47. The van der Waals surface area contributed by atoms with Crippen molar-refractivity contribution in [3.63, 3.8) is 0 Å². The molecule has 4 rings (SSSR count). The number of hydrogen-bond acceptors (Lipinski definition) is 4. The van der Waals surface area contributed by atoms with Gasteiger partial charge in [-0.1, -0.05) is 48.0 Å². The Morgan fingerprint density at radius 3 is 2.58 bits per heavy atom. The summed E-state index contributed by atoms with van der Waals surface area (Å²) in [6.07, 6.45) is 1.70. The molecule has 0 atom stereocenters. The molecule has 0 bridgehead atoms. The highest BCUT2D eigenvalue weighted by Crippen LogP contribution is 2.28. The summed E-state index contributed by atoms with van der Waals surface area (Å²) in [6, 6.07) is 18.2. The highest BCUT2D eigenvalue weighted by atomic mass is 35.5. The maximum absolute atomic E-state index is 13.1. The Hall–Kier alpha value is -3.58. The quantitative estimate of drug-likeness (QED) is 0.534. The Labute approximate surface area is 197 Å². The molecule has 0 N–H and O–H groups in total. The number of nitrogens with zero attached hydrogens (tertiary/aromatic N) is 3. The normalized spacial score (nSPS) is 13.5. The van der Waals surface area contributed by atoms with Crippen LogP contribution in [0.4, 0.5) is 5.69 Å². The molecule has 0 saturated carbocycles. The van der Waals surface area contributed by atoms with Crippen molar-refractivity contribution >= 4 is 35.0 Å². The summed E-state index contributed by atoms with van der Waals surface area (Å²) in [6.45, 7) is 1.92. The maximum atomic E-state index is 13.1. The van der Waals surface area contributed by atoms with E-state index < -0.39 is 0 Å². The van der Waals surface area contributed by atoms with E-state index in [9.17, 15) is 14.4 Å². The van der Waals surface area contributed by atoms with Crippen molar-refractivity contribution in [2.45, 2.75) is 19.9 Å². The number of halogens is 1. The van der Waals surface area contributed by atoms with Crippen molar-refractivity contribution in [2.75, 3.05) is 24.7 Å². The third kappa shape index (κ3) is 5.26. The lowest BCUT2D eigenvalue weighted by atomic mass is 10.1. The molecule has 8 heteroatoms. The molecule has 3 amide bonds. The first kappa shape index (κ1) is 22.6. The smallest absolute Gasteiger partial charge is 0.248 e. The maximum Gasteiger partial charge on any atom is 0.248 e. The number of rotatable bonds is 7. The van der Waals surface area contributed by atoms with Crippen LogP contribution in [0.25, 0.3) is 0 Å². The molecule has 170 valence electrons. The van der Waals surface area contributed by atoms with E-state index in [0.29, 0.717) is 16.5 Å². The molecule has 1 aromatic heterocycles. The summed E-state index contributed by atoms with van der Waals surface area (Å²) in [4.78, 5) is 43.3. The van der Waals surface area contributed by atoms with Gasteiger partial charge in [0.25, 0.3) is 0 Å². The summed E-state index contributed by atoms with van der Waals surface area (Å²) in [5.41, 5.74) is 2.31. The van der Waals surface area contributed by atoms with Crippen LogP contribution in [0, 0.1) is 6.92 Å². The Bertz CT molecular complexity index is 1150. The van der Waals surface area contributed by atoms with Crippen molar-refractivity contribution in [3.05, 3.63) is 88.8 Å². The van der Waals surface area contributed by atoms with Gasteiger partial charge < -0.3 is 14.2 Å². The van der Waals surface area contributed by atoms with E-state index in [0.717, 1.165) is 11.1 Å². The van der Waals surface area contributed by atoms with Crippen molar-refractivity contribution in [2.24, 2.45) is 0 Å². The summed E-state index contributed by atoms with van der Waals surface area (Å²) >= 11 is 6.21. The minimum absolute atomic E-state index is 0.0494. The molecule has 0 unspecified atom stereocenters. The van der Waals surface area contributed by atoms with Crippen molar-refractivity contribution in [1.29, 1.82) is 0 Å². The van der Waals surface area contributed by atoms with Crippen LogP contribution in [0.2, 0.25) is 5.02 Å². The first-order chi connectivity index (χ1) is 15.9. The van der Waals surface area contributed by atoms with Gasteiger partial charge in [-0.2, -0.15) is 0 Å². The fourth-order valence-corrected chi connectivity index (χ4v) is 3.95. The van der Waals surface area contributed by atoms with E-state index >= 15 is 0 Å². The second kappa shape index (κ2) is 9.92. The van der Waals surface area contributed by atoms with Crippen LogP contribution < -0.4 is 4.90 Å². The van der Waals surface area contributed by atoms with Gasteiger partial charge in [0.2, 0.25) is 17.7 Å². The highest BCUT2D eigenvalue weighted by molar-refractivity contribution is 6.31. The van der Waals surface area contributed by atoms with Crippen LogP contribution in [0.5, 0.6) is 0 Å². The number of benzene rings is 2. The predicted octanol–water partition coefficient (Wildman–Crippen LogP) is 3.65. The predicted molar refractivity (Wildman–Crippen MR) is 125 cm³/mol. The van der Waals surface area contributed by atoms with Gasteiger partial charge in [-0.25, -0.2) is 0 Å². The number of furan rings is 1. The highest BCUT2D eigenvalue weighted by Gasteiger charge is 2.34. The Morgan fingerprint density at radius 2 is 1.85 bits per heavy atom. The molecule has 33 heavy (non-hydrogen) atoms. The standard InChI is InChI=1S/C25H24ClN3O4/c1-18-21(26)10-5-11-22(18)29-17-28(16-25(29)32)24(31)15-27(14-20-9-6-12-33-20)23(30)13-19-7-3-2-4-8-19/h2-12H,13-17H2,1H3. The SMILES string of the molecule is Cc1c(Cl)cccc1N1CN(C(=O)CN(Cc2ccco2)C(=O)Cc2ccccc2)CC1=O. The number of carbonyl (C=O) groups excluding carboxylic acids is 3. The van der Waals surface area contributed by atoms with Crippen LogP contribution in [-0.2, 0) is 27.3 Å². The molecule has 1 saturated heterocycles. The minimum atomic E-state index is -0.307. The molecule has 0 radical (unpaired) electrons. The number of hydrogen-bond donors (Lipinski definition) is 0. The molecule has 0 spiro atoms. The third-order valence-electron chi connectivity index (χ3n) is 5.63. The average molecular weight is 466 g/mol. The van der Waals surface area contributed by atoms with Crippen LogP contribution in [0.1, 0.15) is 16.9 Å². The van der Waals surface area contributed by atoms with Gasteiger partial charge in [0, 0.05) is 10.7 Å². The molecule has 2 heterocycles. The molecular weight excluding hydrogens is 442 g/mol. The second-order valence-corrected chi connectivity index (χ2v) is 8.34. The zero-order valence-corrected chi connectivity index (χ0v) is 19.0. The number of anilines is 1. The fraction of sp³-hybridized carbons (Fsp3) is 0.240. The van der Waals surface area contributed by atoms with E-state index in [-0.39, 0.29) is 50.4 Å².